The lowest BCUT2D eigenvalue weighted by Crippen LogP contribution is -2.37. The van der Waals surface area contributed by atoms with E-state index >= 15 is 0 Å². The van der Waals surface area contributed by atoms with Gasteiger partial charge >= 0.3 is 0 Å². The molecule has 0 saturated heterocycles. The van der Waals surface area contributed by atoms with Crippen molar-refractivity contribution in [2.75, 3.05) is 25.4 Å². The second-order valence-corrected chi connectivity index (χ2v) is 3.49. The van der Waals surface area contributed by atoms with E-state index < -0.39 is 18.9 Å². The van der Waals surface area contributed by atoms with Gasteiger partial charge in [-0.3, -0.25) is 4.79 Å². The van der Waals surface area contributed by atoms with Crippen LogP contribution in [-0.2, 0) is 0 Å². The van der Waals surface area contributed by atoms with Crippen LogP contribution in [0.3, 0.4) is 0 Å². The first-order valence-electron chi connectivity index (χ1n) is 5.08. The maximum absolute atomic E-state index is 12.3. The Labute approximate surface area is 97.6 Å². The predicted molar refractivity (Wildman–Crippen MR) is 59.8 cm³/mol. The first-order chi connectivity index (χ1) is 8.04. The monoisotopic (exact) mass is 244 g/mol. The number of hydrogen-bond donors (Lipinski definition) is 2. The molecule has 0 unspecified atom stereocenters. The van der Waals surface area contributed by atoms with E-state index in [0.29, 0.717) is 5.69 Å². The number of nitrogen functional groups attached to an aromatic ring is 1. The Morgan fingerprint density at radius 1 is 1.47 bits per heavy atom. The number of benzene rings is 1. The standard InChI is InChI=1S/C11H14F2N2O2/c12-10(13)7-15(4-5-16)11(17)8-2-1-3-9(14)6-8/h1-3,6,10,16H,4-5,7,14H2. The Balaban J connectivity index is 2.83. The van der Waals surface area contributed by atoms with Crippen molar-refractivity contribution >= 4 is 11.6 Å². The molecule has 4 nitrogen and oxygen atoms in total. The first-order valence-corrected chi connectivity index (χ1v) is 5.08. The van der Waals surface area contributed by atoms with Gasteiger partial charge in [0.05, 0.1) is 13.2 Å². The lowest BCUT2D eigenvalue weighted by molar-refractivity contribution is 0.0509. The number of hydrogen-bond acceptors (Lipinski definition) is 3. The van der Waals surface area contributed by atoms with Gasteiger partial charge in [0.2, 0.25) is 0 Å². The van der Waals surface area contributed by atoms with Gasteiger partial charge in [-0.2, -0.15) is 0 Å². The van der Waals surface area contributed by atoms with Crippen molar-refractivity contribution in [3.63, 3.8) is 0 Å². The van der Waals surface area contributed by atoms with E-state index in [1.54, 1.807) is 12.1 Å². The van der Waals surface area contributed by atoms with Gasteiger partial charge in [0, 0.05) is 17.8 Å². The molecule has 0 aliphatic rings. The number of aliphatic hydroxyl groups excluding tert-OH is 1. The smallest absolute Gasteiger partial charge is 0.255 e. The average Bonchev–Trinajstić information content (AvgIpc) is 2.27. The summed E-state index contributed by atoms with van der Waals surface area (Å²) >= 11 is 0. The number of halogens is 2. The molecule has 0 heterocycles. The summed E-state index contributed by atoms with van der Waals surface area (Å²) in [7, 11) is 0. The van der Waals surface area contributed by atoms with Gasteiger partial charge in [0.25, 0.3) is 12.3 Å². The van der Waals surface area contributed by atoms with Crippen LogP contribution >= 0.6 is 0 Å². The molecule has 3 N–H and O–H groups in total. The molecule has 0 saturated carbocycles. The third kappa shape index (κ3) is 3.99. The van der Waals surface area contributed by atoms with Crippen LogP contribution in [0.2, 0.25) is 0 Å². The summed E-state index contributed by atoms with van der Waals surface area (Å²) in [5, 5.41) is 8.74. The van der Waals surface area contributed by atoms with Crippen LogP contribution in [0, 0.1) is 0 Å². The normalized spacial score (nSPS) is 10.6. The quantitative estimate of drug-likeness (QED) is 0.758. The Bertz CT molecular complexity index is 385. The van der Waals surface area contributed by atoms with Gasteiger partial charge in [-0.25, -0.2) is 8.78 Å². The van der Waals surface area contributed by atoms with Crippen molar-refractivity contribution in [3.05, 3.63) is 29.8 Å². The van der Waals surface area contributed by atoms with Gasteiger partial charge in [0.1, 0.15) is 0 Å². The lowest BCUT2D eigenvalue weighted by Gasteiger charge is -2.21. The van der Waals surface area contributed by atoms with Gasteiger partial charge in [-0.1, -0.05) is 6.07 Å². The average molecular weight is 244 g/mol. The summed E-state index contributed by atoms with van der Waals surface area (Å²) in [6.45, 7) is -1.19. The fourth-order valence-corrected chi connectivity index (χ4v) is 1.42. The van der Waals surface area contributed by atoms with Crippen LogP contribution in [0.1, 0.15) is 10.4 Å². The summed E-state index contributed by atoms with van der Waals surface area (Å²) in [6, 6.07) is 6.08. The molecular weight excluding hydrogens is 230 g/mol. The van der Waals surface area contributed by atoms with Crippen LogP contribution in [-0.4, -0.2) is 42.0 Å². The lowest BCUT2D eigenvalue weighted by atomic mass is 10.2. The van der Waals surface area contributed by atoms with E-state index in [0.717, 1.165) is 4.90 Å². The SMILES string of the molecule is Nc1cccc(C(=O)N(CCO)CC(F)F)c1. The molecular formula is C11H14F2N2O2. The minimum Gasteiger partial charge on any atom is -0.399 e. The zero-order valence-corrected chi connectivity index (χ0v) is 9.14. The van der Waals surface area contributed by atoms with E-state index in [9.17, 15) is 13.6 Å². The number of nitrogens with two attached hydrogens (primary N) is 1. The molecule has 0 radical (unpaired) electrons. The zero-order chi connectivity index (χ0) is 12.8. The van der Waals surface area contributed by atoms with Gasteiger partial charge in [-0.15, -0.1) is 0 Å². The number of nitrogens with zero attached hydrogens (tertiary/aromatic N) is 1. The van der Waals surface area contributed by atoms with Crippen LogP contribution < -0.4 is 5.73 Å². The van der Waals surface area contributed by atoms with Gasteiger partial charge in [-0.05, 0) is 18.2 Å². The van der Waals surface area contributed by atoms with Crippen molar-refractivity contribution in [1.29, 1.82) is 0 Å². The minimum absolute atomic E-state index is 0.127. The number of carbonyl (C=O) groups excluding carboxylic acids is 1. The van der Waals surface area contributed by atoms with Crippen LogP contribution in [0.5, 0.6) is 0 Å². The molecule has 0 aromatic heterocycles. The van der Waals surface area contributed by atoms with Crippen molar-refractivity contribution in [2.24, 2.45) is 0 Å². The molecule has 0 aliphatic heterocycles. The van der Waals surface area contributed by atoms with E-state index in [1.807, 2.05) is 0 Å². The summed E-state index contributed by atoms with van der Waals surface area (Å²) in [4.78, 5) is 12.8. The maximum atomic E-state index is 12.3. The highest BCUT2D eigenvalue weighted by atomic mass is 19.3. The molecule has 0 bridgehead atoms. The molecule has 17 heavy (non-hydrogen) atoms. The summed E-state index contributed by atoms with van der Waals surface area (Å²) in [6.07, 6.45) is -2.63. The van der Waals surface area contributed by atoms with Crippen molar-refractivity contribution < 1.29 is 18.7 Å². The molecule has 94 valence electrons. The van der Waals surface area contributed by atoms with Crippen LogP contribution in [0.15, 0.2) is 24.3 Å². The molecule has 1 amide bonds. The van der Waals surface area contributed by atoms with E-state index in [2.05, 4.69) is 0 Å². The highest BCUT2D eigenvalue weighted by Crippen LogP contribution is 2.10. The van der Waals surface area contributed by atoms with Gasteiger partial charge < -0.3 is 15.7 Å². The fourth-order valence-electron chi connectivity index (χ4n) is 1.42. The second kappa shape index (κ2) is 6.15. The number of alkyl halides is 2. The first kappa shape index (κ1) is 13.4. The Morgan fingerprint density at radius 2 is 2.18 bits per heavy atom. The molecule has 1 aromatic carbocycles. The second-order valence-electron chi connectivity index (χ2n) is 3.49. The third-order valence-corrected chi connectivity index (χ3v) is 2.15. The molecule has 1 aromatic rings. The maximum Gasteiger partial charge on any atom is 0.255 e. The Morgan fingerprint density at radius 3 is 2.71 bits per heavy atom. The van der Waals surface area contributed by atoms with E-state index in [-0.39, 0.29) is 18.7 Å². The highest BCUT2D eigenvalue weighted by Gasteiger charge is 2.19. The number of amides is 1. The van der Waals surface area contributed by atoms with Crippen LogP contribution in [0.4, 0.5) is 14.5 Å². The number of rotatable bonds is 5. The highest BCUT2D eigenvalue weighted by molar-refractivity contribution is 5.95. The molecule has 6 heteroatoms. The van der Waals surface area contributed by atoms with Gasteiger partial charge in [0.15, 0.2) is 0 Å². The third-order valence-electron chi connectivity index (χ3n) is 2.15. The largest absolute Gasteiger partial charge is 0.399 e. The Hall–Kier alpha value is -1.69. The van der Waals surface area contributed by atoms with Crippen molar-refractivity contribution in [2.45, 2.75) is 6.43 Å². The number of carbonyl (C=O) groups is 1. The topological polar surface area (TPSA) is 66.6 Å². The minimum atomic E-state index is -2.63. The molecule has 0 fully saturated rings. The molecule has 0 atom stereocenters. The number of anilines is 1. The van der Waals surface area contributed by atoms with Crippen molar-refractivity contribution in [3.8, 4) is 0 Å². The molecule has 0 spiro atoms. The molecule has 0 aliphatic carbocycles. The zero-order valence-electron chi connectivity index (χ0n) is 9.14. The predicted octanol–water partition coefficient (Wildman–Crippen LogP) is 0.968. The molecule has 1 rings (SSSR count). The Kier molecular flexibility index (Phi) is 4.84. The summed E-state index contributed by atoms with van der Waals surface area (Å²) in [5.74, 6) is -0.563. The van der Waals surface area contributed by atoms with Crippen LogP contribution in [0.25, 0.3) is 0 Å². The van der Waals surface area contributed by atoms with E-state index in [4.69, 9.17) is 10.8 Å². The number of aliphatic hydroxyl groups is 1. The van der Waals surface area contributed by atoms with Crippen molar-refractivity contribution in [1.82, 2.24) is 4.90 Å². The fraction of sp³-hybridized carbons (Fsp3) is 0.364. The summed E-state index contributed by atoms with van der Waals surface area (Å²) in [5.41, 5.74) is 6.12. The summed E-state index contributed by atoms with van der Waals surface area (Å²) < 4.78 is 24.5. The van der Waals surface area contributed by atoms with E-state index in [1.165, 1.54) is 12.1 Å².